The molecule has 0 bridgehead atoms. The summed E-state index contributed by atoms with van der Waals surface area (Å²) in [7, 11) is -0.941. The van der Waals surface area contributed by atoms with E-state index in [2.05, 4.69) is 5.10 Å². The fourth-order valence-corrected chi connectivity index (χ4v) is 1.07. The van der Waals surface area contributed by atoms with Crippen LogP contribution >= 0.6 is 0 Å². The number of nitrogens with two attached hydrogens (primary N) is 1. The summed E-state index contributed by atoms with van der Waals surface area (Å²) in [6.45, 7) is 0. The van der Waals surface area contributed by atoms with Crippen LogP contribution in [0.2, 0.25) is 0 Å². The Hall–Kier alpha value is -1.22. The highest BCUT2D eigenvalue weighted by Gasteiger charge is 2.39. The molecule has 78 valence electrons. The monoisotopic (exact) mass is 209 g/mol. The van der Waals surface area contributed by atoms with E-state index in [1.54, 1.807) is 0 Å². The van der Waals surface area contributed by atoms with Gasteiger partial charge in [0.25, 0.3) is 0 Å². The fraction of sp³-hybridized carbons (Fsp3) is 0.400. The first-order chi connectivity index (χ1) is 6.25. The number of nitrogen functional groups attached to an aromatic ring is 1. The smallest absolute Gasteiger partial charge is 0.422 e. The van der Waals surface area contributed by atoms with Crippen molar-refractivity contribution < 1.29 is 23.2 Å². The number of alkyl halides is 3. The molecule has 1 aromatic heterocycles. The van der Waals surface area contributed by atoms with Crippen LogP contribution in [0.1, 0.15) is 5.69 Å². The van der Waals surface area contributed by atoms with Crippen LogP contribution in [0.4, 0.5) is 18.9 Å². The van der Waals surface area contributed by atoms with Gasteiger partial charge in [-0.05, 0) is 0 Å². The summed E-state index contributed by atoms with van der Waals surface area (Å²) >= 11 is 0. The first kappa shape index (κ1) is 10.9. The number of anilines is 1. The van der Waals surface area contributed by atoms with Crippen molar-refractivity contribution >= 4 is 18.4 Å². The van der Waals surface area contributed by atoms with Crippen molar-refractivity contribution in [1.82, 2.24) is 9.78 Å². The predicted octanol–water partition coefficient (Wildman–Crippen LogP) is -1.30. The third-order valence-electron chi connectivity index (χ3n) is 1.64. The molecule has 0 atom stereocenters. The molecule has 1 aromatic rings. The Balaban J connectivity index is 3.31. The molecule has 0 amide bonds. The van der Waals surface area contributed by atoms with Gasteiger partial charge in [-0.1, -0.05) is 0 Å². The fourth-order valence-electron chi connectivity index (χ4n) is 1.07. The lowest BCUT2D eigenvalue weighted by Crippen LogP contribution is -2.37. The first-order valence-electron chi connectivity index (χ1n) is 3.51. The molecule has 0 saturated heterocycles. The molecule has 0 aliphatic rings. The third-order valence-corrected chi connectivity index (χ3v) is 1.64. The van der Waals surface area contributed by atoms with Gasteiger partial charge in [0.15, 0.2) is 5.69 Å². The third kappa shape index (κ3) is 1.68. The molecule has 4 N–H and O–H groups in total. The second-order valence-electron chi connectivity index (χ2n) is 2.64. The van der Waals surface area contributed by atoms with Crippen LogP contribution in [0, 0.1) is 0 Å². The molecule has 0 radical (unpaired) electrons. The highest BCUT2D eigenvalue weighted by Crippen LogP contribution is 2.30. The van der Waals surface area contributed by atoms with Gasteiger partial charge >= 0.3 is 13.3 Å². The van der Waals surface area contributed by atoms with Crippen molar-refractivity contribution in [3.8, 4) is 0 Å². The van der Waals surface area contributed by atoms with Gasteiger partial charge < -0.3 is 15.8 Å². The Kier molecular flexibility index (Phi) is 2.46. The first-order valence-corrected chi connectivity index (χ1v) is 3.51. The largest absolute Gasteiger partial charge is 0.509 e. The summed E-state index contributed by atoms with van der Waals surface area (Å²) in [5.74, 6) is 0. The summed E-state index contributed by atoms with van der Waals surface area (Å²) in [6, 6.07) is 0. The highest BCUT2D eigenvalue weighted by atomic mass is 19.4. The number of rotatable bonds is 1. The van der Waals surface area contributed by atoms with Crippen LogP contribution < -0.4 is 11.3 Å². The zero-order chi connectivity index (χ0) is 11.1. The highest BCUT2D eigenvalue weighted by molar-refractivity contribution is 6.59. The Morgan fingerprint density at radius 2 is 1.93 bits per heavy atom. The van der Waals surface area contributed by atoms with Gasteiger partial charge in [0.2, 0.25) is 0 Å². The van der Waals surface area contributed by atoms with Crippen LogP contribution in [-0.4, -0.2) is 26.9 Å². The number of aryl methyl sites for hydroxylation is 1. The standard InChI is InChI=1S/C5H7BF3N3O2/c1-12-4(6(13)14)2(10)3(11-12)5(7,8)9/h13-14H,10H2,1H3. The molecular weight excluding hydrogens is 202 g/mol. The van der Waals surface area contributed by atoms with Crippen molar-refractivity contribution in [2.24, 2.45) is 7.05 Å². The number of nitrogens with zero attached hydrogens (tertiary/aromatic N) is 2. The number of hydrogen-bond acceptors (Lipinski definition) is 4. The lowest BCUT2D eigenvalue weighted by molar-refractivity contribution is -0.140. The average molecular weight is 209 g/mol. The summed E-state index contributed by atoms with van der Waals surface area (Å²) < 4.78 is 37.2. The maximum absolute atomic E-state index is 12.2. The molecule has 1 heterocycles. The zero-order valence-electron chi connectivity index (χ0n) is 7.08. The van der Waals surface area contributed by atoms with Gasteiger partial charge in [-0.3, -0.25) is 4.68 Å². The summed E-state index contributed by atoms with van der Waals surface area (Å²) in [4.78, 5) is 0. The minimum atomic E-state index is -4.70. The maximum Gasteiger partial charge on any atom is 0.509 e. The van der Waals surface area contributed by atoms with E-state index in [1.807, 2.05) is 0 Å². The van der Waals surface area contributed by atoms with Crippen LogP contribution in [0.3, 0.4) is 0 Å². The molecule has 1 rings (SSSR count). The van der Waals surface area contributed by atoms with Crippen LogP contribution in [0.5, 0.6) is 0 Å². The minimum Gasteiger partial charge on any atom is -0.422 e. The van der Waals surface area contributed by atoms with Gasteiger partial charge in [0.05, 0.1) is 11.3 Å². The van der Waals surface area contributed by atoms with Crippen molar-refractivity contribution in [1.29, 1.82) is 0 Å². The summed E-state index contributed by atoms with van der Waals surface area (Å²) in [6.07, 6.45) is -4.70. The van der Waals surface area contributed by atoms with Gasteiger partial charge in [-0.2, -0.15) is 18.3 Å². The normalized spacial score (nSPS) is 11.9. The molecule has 0 saturated carbocycles. The Labute approximate surface area is 77.1 Å². The van der Waals surface area contributed by atoms with Gasteiger partial charge in [0.1, 0.15) is 0 Å². The molecule has 14 heavy (non-hydrogen) atoms. The number of hydrogen-bond donors (Lipinski definition) is 3. The molecule has 0 spiro atoms. The van der Waals surface area contributed by atoms with E-state index >= 15 is 0 Å². The van der Waals surface area contributed by atoms with Gasteiger partial charge in [0, 0.05) is 7.05 Å². The maximum atomic E-state index is 12.2. The van der Waals surface area contributed by atoms with Crippen LogP contribution in [0.15, 0.2) is 0 Å². The SMILES string of the molecule is Cn1nc(C(F)(F)F)c(N)c1B(O)O. The van der Waals surface area contributed by atoms with E-state index in [4.69, 9.17) is 15.8 Å². The van der Waals surface area contributed by atoms with E-state index in [1.165, 1.54) is 0 Å². The molecule has 0 unspecified atom stereocenters. The van der Waals surface area contributed by atoms with Crippen LogP contribution in [-0.2, 0) is 13.2 Å². The molecule has 0 aliphatic heterocycles. The topological polar surface area (TPSA) is 84.3 Å². The molecule has 5 nitrogen and oxygen atoms in total. The molecule has 0 aromatic carbocycles. The van der Waals surface area contributed by atoms with E-state index in [0.29, 0.717) is 4.68 Å². The Morgan fingerprint density at radius 1 is 1.43 bits per heavy atom. The lowest BCUT2D eigenvalue weighted by atomic mass is 9.84. The average Bonchev–Trinajstić information content (AvgIpc) is 2.24. The quantitative estimate of drug-likeness (QED) is 0.502. The van der Waals surface area contributed by atoms with E-state index in [0.717, 1.165) is 7.05 Å². The lowest BCUT2D eigenvalue weighted by Gasteiger charge is -2.02. The Bertz CT molecular complexity index is 349. The Morgan fingerprint density at radius 3 is 2.14 bits per heavy atom. The second kappa shape index (κ2) is 3.17. The van der Waals surface area contributed by atoms with Crippen molar-refractivity contribution in [2.45, 2.75) is 6.18 Å². The van der Waals surface area contributed by atoms with Crippen molar-refractivity contribution in [3.05, 3.63) is 5.69 Å². The van der Waals surface area contributed by atoms with Crippen LogP contribution in [0.25, 0.3) is 0 Å². The van der Waals surface area contributed by atoms with Crippen molar-refractivity contribution in [3.63, 3.8) is 0 Å². The zero-order valence-corrected chi connectivity index (χ0v) is 7.08. The van der Waals surface area contributed by atoms with Gasteiger partial charge in [-0.15, -0.1) is 0 Å². The minimum absolute atomic E-state index is 0.475. The van der Waals surface area contributed by atoms with E-state index in [-0.39, 0.29) is 0 Å². The van der Waals surface area contributed by atoms with E-state index < -0.39 is 30.3 Å². The molecule has 0 aliphatic carbocycles. The number of aromatic nitrogens is 2. The second-order valence-corrected chi connectivity index (χ2v) is 2.64. The van der Waals surface area contributed by atoms with Crippen molar-refractivity contribution in [2.75, 3.05) is 5.73 Å². The van der Waals surface area contributed by atoms with Gasteiger partial charge in [-0.25, -0.2) is 0 Å². The van der Waals surface area contributed by atoms with E-state index in [9.17, 15) is 13.2 Å². The number of halogens is 3. The molecular formula is C5H7BF3N3O2. The predicted molar refractivity (Wildman–Crippen MR) is 42.4 cm³/mol. The summed E-state index contributed by atoms with van der Waals surface area (Å²) in [5.41, 5.74) is 2.51. The summed E-state index contributed by atoms with van der Waals surface area (Å²) in [5, 5.41) is 20.5. The molecule has 0 fully saturated rings. The molecule has 9 heteroatoms.